The van der Waals surface area contributed by atoms with Crippen LogP contribution in [-0.2, 0) is 9.53 Å². The molecule has 0 aliphatic carbocycles. The average Bonchev–Trinajstić information content (AvgIpc) is 2.68. The number of hydrogen-bond donors (Lipinski definition) is 1. The lowest BCUT2D eigenvalue weighted by molar-refractivity contribution is -0.148. The summed E-state index contributed by atoms with van der Waals surface area (Å²) in [6.07, 6.45) is 1.30. The summed E-state index contributed by atoms with van der Waals surface area (Å²) in [5.74, 6) is -1.83. The predicted molar refractivity (Wildman–Crippen MR) is 52.8 cm³/mol. The highest BCUT2D eigenvalue weighted by Crippen LogP contribution is 2.11. The molecule has 6 heteroatoms. The smallest absolute Gasteiger partial charge is 0.361 e. The number of oxazole rings is 1. The number of rotatable bonds is 5. The first-order chi connectivity index (χ1) is 7.50. The van der Waals surface area contributed by atoms with Gasteiger partial charge < -0.3 is 14.3 Å². The number of hydrogen-bond acceptors (Lipinski definition) is 5. The second kappa shape index (κ2) is 5.29. The van der Waals surface area contributed by atoms with Gasteiger partial charge in [0.2, 0.25) is 0 Å². The van der Waals surface area contributed by atoms with Crippen molar-refractivity contribution in [3.8, 4) is 0 Å². The molecule has 88 valence electrons. The molecule has 0 unspecified atom stereocenters. The summed E-state index contributed by atoms with van der Waals surface area (Å²) in [6, 6.07) is 0. The van der Waals surface area contributed by atoms with E-state index in [-0.39, 0.29) is 18.0 Å². The zero-order valence-corrected chi connectivity index (χ0v) is 9.04. The SMILES string of the molecule is CC(C)C[C@@H](OC(=O)c1cocn1)C(=O)O. The zero-order chi connectivity index (χ0) is 12.1. The first kappa shape index (κ1) is 12.2. The third-order valence-corrected chi connectivity index (χ3v) is 1.85. The molecule has 16 heavy (non-hydrogen) atoms. The Morgan fingerprint density at radius 1 is 1.56 bits per heavy atom. The molecule has 1 heterocycles. The maximum absolute atomic E-state index is 11.4. The van der Waals surface area contributed by atoms with E-state index in [4.69, 9.17) is 9.84 Å². The molecule has 0 saturated heterocycles. The molecule has 0 aromatic carbocycles. The lowest BCUT2D eigenvalue weighted by atomic mass is 10.1. The minimum Gasteiger partial charge on any atom is -0.479 e. The van der Waals surface area contributed by atoms with Crippen molar-refractivity contribution in [3.05, 3.63) is 18.4 Å². The van der Waals surface area contributed by atoms with Crippen LogP contribution in [0, 0.1) is 5.92 Å². The number of carboxylic acid groups (broad SMARTS) is 1. The summed E-state index contributed by atoms with van der Waals surface area (Å²) < 4.78 is 9.41. The quantitative estimate of drug-likeness (QED) is 0.763. The van der Waals surface area contributed by atoms with Crippen molar-refractivity contribution in [2.75, 3.05) is 0 Å². The fourth-order valence-electron chi connectivity index (χ4n) is 1.13. The van der Waals surface area contributed by atoms with Crippen LogP contribution in [0.1, 0.15) is 30.8 Å². The van der Waals surface area contributed by atoms with Gasteiger partial charge in [-0.05, 0) is 12.3 Å². The van der Waals surface area contributed by atoms with Crippen molar-refractivity contribution >= 4 is 11.9 Å². The molecule has 1 aromatic rings. The van der Waals surface area contributed by atoms with Crippen LogP contribution >= 0.6 is 0 Å². The molecule has 0 spiro atoms. The van der Waals surface area contributed by atoms with Crippen molar-refractivity contribution in [2.45, 2.75) is 26.4 Å². The van der Waals surface area contributed by atoms with Gasteiger partial charge in [0, 0.05) is 0 Å². The van der Waals surface area contributed by atoms with E-state index in [2.05, 4.69) is 9.40 Å². The van der Waals surface area contributed by atoms with Crippen molar-refractivity contribution in [1.82, 2.24) is 4.98 Å². The Morgan fingerprint density at radius 3 is 2.69 bits per heavy atom. The van der Waals surface area contributed by atoms with Crippen molar-refractivity contribution < 1.29 is 23.8 Å². The topological polar surface area (TPSA) is 89.6 Å². The minimum absolute atomic E-state index is 0.0324. The molecule has 1 aromatic heterocycles. The Labute approximate surface area is 92.2 Å². The second-order valence-electron chi connectivity index (χ2n) is 3.74. The Kier molecular flexibility index (Phi) is 4.04. The Balaban J connectivity index is 2.62. The third kappa shape index (κ3) is 3.38. The fourth-order valence-corrected chi connectivity index (χ4v) is 1.13. The van der Waals surface area contributed by atoms with Gasteiger partial charge in [-0.1, -0.05) is 13.8 Å². The van der Waals surface area contributed by atoms with Gasteiger partial charge >= 0.3 is 11.9 Å². The first-order valence-corrected chi connectivity index (χ1v) is 4.82. The largest absolute Gasteiger partial charge is 0.479 e. The Morgan fingerprint density at radius 2 is 2.25 bits per heavy atom. The summed E-state index contributed by atoms with van der Waals surface area (Å²) in [5.41, 5.74) is -0.0324. The van der Waals surface area contributed by atoms with Crippen LogP contribution in [0.15, 0.2) is 17.1 Å². The molecule has 6 nitrogen and oxygen atoms in total. The van der Waals surface area contributed by atoms with Crippen LogP contribution in [-0.4, -0.2) is 28.1 Å². The monoisotopic (exact) mass is 227 g/mol. The maximum atomic E-state index is 11.4. The first-order valence-electron chi connectivity index (χ1n) is 4.82. The minimum atomic E-state index is -1.16. The molecule has 1 atom stereocenters. The highest BCUT2D eigenvalue weighted by molar-refractivity contribution is 5.88. The molecular weight excluding hydrogens is 214 g/mol. The maximum Gasteiger partial charge on any atom is 0.361 e. The highest BCUT2D eigenvalue weighted by Gasteiger charge is 2.24. The van der Waals surface area contributed by atoms with Crippen molar-refractivity contribution in [1.29, 1.82) is 0 Å². The van der Waals surface area contributed by atoms with Gasteiger partial charge in [-0.25, -0.2) is 14.6 Å². The van der Waals surface area contributed by atoms with E-state index < -0.39 is 18.0 Å². The van der Waals surface area contributed by atoms with Crippen LogP contribution in [0.2, 0.25) is 0 Å². The van der Waals surface area contributed by atoms with E-state index in [0.717, 1.165) is 12.7 Å². The third-order valence-electron chi connectivity index (χ3n) is 1.85. The lowest BCUT2D eigenvalue weighted by Crippen LogP contribution is -2.28. The molecule has 0 aliphatic heterocycles. The molecular formula is C10H13NO5. The van der Waals surface area contributed by atoms with Gasteiger partial charge in [0.05, 0.1) is 0 Å². The number of aromatic nitrogens is 1. The summed E-state index contributed by atoms with van der Waals surface area (Å²) in [7, 11) is 0. The predicted octanol–water partition coefficient (Wildman–Crippen LogP) is 1.33. The van der Waals surface area contributed by atoms with Crippen LogP contribution in [0.3, 0.4) is 0 Å². The molecule has 0 radical (unpaired) electrons. The van der Waals surface area contributed by atoms with Crippen LogP contribution in [0.25, 0.3) is 0 Å². The van der Waals surface area contributed by atoms with E-state index >= 15 is 0 Å². The van der Waals surface area contributed by atoms with Crippen molar-refractivity contribution in [2.24, 2.45) is 5.92 Å². The Hall–Kier alpha value is -1.85. The molecule has 0 fully saturated rings. The van der Waals surface area contributed by atoms with Crippen LogP contribution in [0.4, 0.5) is 0 Å². The summed E-state index contributed by atoms with van der Waals surface area (Å²) >= 11 is 0. The number of carboxylic acids is 1. The molecule has 0 bridgehead atoms. The van der Waals surface area contributed by atoms with Crippen LogP contribution in [0.5, 0.6) is 0 Å². The van der Waals surface area contributed by atoms with Crippen molar-refractivity contribution in [3.63, 3.8) is 0 Å². The van der Waals surface area contributed by atoms with Gasteiger partial charge in [0.1, 0.15) is 6.26 Å². The lowest BCUT2D eigenvalue weighted by Gasteiger charge is -2.14. The molecule has 1 rings (SSSR count). The fraction of sp³-hybridized carbons (Fsp3) is 0.500. The average molecular weight is 227 g/mol. The van der Waals surface area contributed by atoms with Gasteiger partial charge in [-0.15, -0.1) is 0 Å². The normalized spacial score (nSPS) is 12.4. The van der Waals surface area contributed by atoms with Gasteiger partial charge in [0.15, 0.2) is 18.2 Å². The molecule has 0 saturated carbocycles. The van der Waals surface area contributed by atoms with Gasteiger partial charge in [-0.3, -0.25) is 0 Å². The van der Waals surface area contributed by atoms with Gasteiger partial charge in [-0.2, -0.15) is 0 Å². The van der Waals surface area contributed by atoms with E-state index in [9.17, 15) is 9.59 Å². The van der Waals surface area contributed by atoms with E-state index in [0.29, 0.717) is 0 Å². The molecule has 1 N–H and O–H groups in total. The standard InChI is InChI=1S/C10H13NO5/c1-6(2)3-8(9(12)13)16-10(14)7-4-15-5-11-7/h4-6,8H,3H2,1-2H3,(H,12,13)/t8-/m1/s1. The molecule has 0 amide bonds. The number of carbonyl (C=O) groups is 2. The summed E-state index contributed by atoms with van der Waals surface area (Å²) in [5, 5.41) is 8.85. The number of carbonyl (C=O) groups excluding carboxylic acids is 1. The van der Waals surface area contributed by atoms with E-state index in [1.54, 1.807) is 0 Å². The summed E-state index contributed by atoms with van der Waals surface area (Å²) in [6.45, 7) is 3.69. The van der Waals surface area contributed by atoms with Gasteiger partial charge in [0.25, 0.3) is 0 Å². The summed E-state index contributed by atoms with van der Waals surface area (Å²) in [4.78, 5) is 25.8. The molecule has 0 aliphatic rings. The number of esters is 1. The number of aliphatic carboxylic acids is 1. The number of ether oxygens (including phenoxy) is 1. The zero-order valence-electron chi connectivity index (χ0n) is 9.04. The Bertz CT molecular complexity index is 357. The van der Waals surface area contributed by atoms with Crippen LogP contribution < -0.4 is 0 Å². The number of nitrogens with zero attached hydrogens (tertiary/aromatic N) is 1. The van der Waals surface area contributed by atoms with E-state index in [1.807, 2.05) is 13.8 Å². The second-order valence-corrected chi connectivity index (χ2v) is 3.74. The van der Waals surface area contributed by atoms with E-state index in [1.165, 1.54) is 0 Å². The highest BCUT2D eigenvalue weighted by atomic mass is 16.6.